The zero-order valence-corrected chi connectivity index (χ0v) is 19.5. The molecule has 1 atom stereocenters. The number of rotatable bonds is 6. The molecule has 1 amide bonds. The van der Waals surface area contributed by atoms with Crippen LogP contribution in [-0.2, 0) is 21.4 Å². The van der Waals surface area contributed by atoms with Crippen molar-refractivity contribution < 1.29 is 13.2 Å². The fourth-order valence-electron chi connectivity index (χ4n) is 3.54. The predicted molar refractivity (Wildman–Crippen MR) is 122 cm³/mol. The quantitative estimate of drug-likeness (QED) is 0.547. The van der Waals surface area contributed by atoms with Crippen LogP contribution in [0.2, 0.25) is 10.0 Å². The van der Waals surface area contributed by atoms with Gasteiger partial charge in [-0.3, -0.25) is 4.79 Å². The Labute approximate surface area is 194 Å². The van der Waals surface area contributed by atoms with Crippen molar-refractivity contribution in [1.82, 2.24) is 14.1 Å². The molecule has 11 heteroatoms. The van der Waals surface area contributed by atoms with Gasteiger partial charge in [-0.25, -0.2) is 13.1 Å². The number of amides is 1. The maximum absolute atomic E-state index is 12.9. The molecule has 7 nitrogen and oxygen atoms in total. The highest BCUT2D eigenvalue weighted by atomic mass is 35.5. The molecular weight excluding hydrogens is 479 g/mol. The van der Waals surface area contributed by atoms with E-state index >= 15 is 0 Å². The summed E-state index contributed by atoms with van der Waals surface area (Å²) < 4.78 is 29.0. The van der Waals surface area contributed by atoms with Crippen molar-refractivity contribution in [2.45, 2.75) is 23.6 Å². The molecule has 1 saturated heterocycles. The van der Waals surface area contributed by atoms with Crippen LogP contribution in [0.1, 0.15) is 18.4 Å². The number of sulfonamides is 1. The van der Waals surface area contributed by atoms with Crippen LogP contribution in [0.5, 0.6) is 0 Å². The van der Waals surface area contributed by atoms with E-state index in [1.165, 1.54) is 15.6 Å². The van der Waals surface area contributed by atoms with Crippen molar-refractivity contribution in [2.75, 3.05) is 18.4 Å². The van der Waals surface area contributed by atoms with Gasteiger partial charge in [-0.1, -0.05) is 41.4 Å². The Bertz CT molecular complexity index is 1180. The summed E-state index contributed by atoms with van der Waals surface area (Å²) in [4.78, 5) is 12.9. The molecule has 2 aromatic heterocycles. The Balaban J connectivity index is 1.46. The fourth-order valence-corrected chi connectivity index (χ4v) is 6.59. The van der Waals surface area contributed by atoms with Crippen LogP contribution in [0.4, 0.5) is 5.82 Å². The zero-order valence-electron chi connectivity index (χ0n) is 16.4. The number of carbonyl (C=O) groups excluding carboxylic acids is 1. The van der Waals surface area contributed by atoms with Gasteiger partial charge in [-0.05, 0) is 35.9 Å². The Kier molecular flexibility index (Phi) is 6.68. The first-order chi connectivity index (χ1) is 14.9. The lowest BCUT2D eigenvalue weighted by Gasteiger charge is -2.30. The summed E-state index contributed by atoms with van der Waals surface area (Å²) in [5, 5.41) is 9.78. The summed E-state index contributed by atoms with van der Waals surface area (Å²) in [5.41, 5.74) is 0.777. The van der Waals surface area contributed by atoms with Gasteiger partial charge in [0.1, 0.15) is 10.0 Å². The van der Waals surface area contributed by atoms with E-state index in [0.717, 1.165) is 5.56 Å². The number of nitrogens with one attached hydrogen (secondary N) is 1. The molecule has 0 radical (unpaired) electrons. The molecule has 3 heterocycles. The van der Waals surface area contributed by atoms with Crippen LogP contribution in [-0.4, -0.2) is 41.5 Å². The number of nitrogens with zero attached hydrogens (tertiary/aromatic N) is 3. The van der Waals surface area contributed by atoms with Crippen molar-refractivity contribution >= 4 is 56.3 Å². The highest BCUT2D eigenvalue weighted by Gasteiger charge is 2.34. The third-order valence-corrected chi connectivity index (χ3v) is 9.26. The summed E-state index contributed by atoms with van der Waals surface area (Å²) in [6.45, 7) is 0.904. The maximum atomic E-state index is 12.9. The molecule has 1 aromatic carbocycles. The predicted octanol–water partition coefficient (Wildman–Crippen LogP) is 4.34. The zero-order chi connectivity index (χ0) is 22.0. The number of thiophene rings is 1. The number of halogens is 2. The number of benzene rings is 1. The van der Waals surface area contributed by atoms with Crippen LogP contribution in [0.3, 0.4) is 0 Å². The topological polar surface area (TPSA) is 84.3 Å². The monoisotopic (exact) mass is 498 g/mol. The molecule has 164 valence electrons. The van der Waals surface area contributed by atoms with Gasteiger partial charge in [0.05, 0.1) is 28.7 Å². The SMILES string of the molecule is O=C(Nc1ccnn1Cc1cccc(Cl)c1Cl)C1CCCN(S(=O)(=O)c2cccs2)C1. The van der Waals surface area contributed by atoms with Crippen LogP contribution in [0.25, 0.3) is 0 Å². The Morgan fingerprint density at radius 2 is 2.06 bits per heavy atom. The highest BCUT2D eigenvalue weighted by molar-refractivity contribution is 7.91. The number of hydrogen-bond acceptors (Lipinski definition) is 5. The molecule has 1 aliphatic rings. The lowest BCUT2D eigenvalue weighted by Crippen LogP contribution is -2.43. The van der Waals surface area contributed by atoms with E-state index in [1.807, 2.05) is 6.07 Å². The lowest BCUT2D eigenvalue weighted by atomic mass is 9.99. The molecule has 0 spiro atoms. The van der Waals surface area contributed by atoms with E-state index in [-0.39, 0.29) is 12.5 Å². The van der Waals surface area contributed by atoms with E-state index in [1.54, 1.807) is 46.6 Å². The minimum Gasteiger partial charge on any atom is -0.311 e. The number of aromatic nitrogens is 2. The summed E-state index contributed by atoms with van der Waals surface area (Å²) in [6, 6.07) is 10.3. The van der Waals surface area contributed by atoms with E-state index in [0.29, 0.717) is 46.0 Å². The van der Waals surface area contributed by atoms with Crippen LogP contribution in [0.15, 0.2) is 52.2 Å². The third-order valence-electron chi connectivity index (χ3n) is 5.16. The first kappa shape index (κ1) is 22.3. The van der Waals surface area contributed by atoms with Crippen LogP contribution < -0.4 is 5.32 Å². The van der Waals surface area contributed by atoms with Crippen molar-refractivity contribution in [1.29, 1.82) is 0 Å². The van der Waals surface area contributed by atoms with Gasteiger partial charge >= 0.3 is 0 Å². The molecule has 3 aromatic rings. The largest absolute Gasteiger partial charge is 0.311 e. The standard InChI is InChI=1S/C20H20Cl2N4O3S2/c21-16-6-1-4-14(19(16)22)13-26-17(8-9-23-26)24-20(27)15-5-2-10-25(12-15)31(28,29)18-7-3-11-30-18/h1,3-4,6-9,11,15H,2,5,10,12-13H2,(H,24,27). The minimum absolute atomic E-state index is 0.153. The van der Waals surface area contributed by atoms with E-state index in [2.05, 4.69) is 10.4 Å². The van der Waals surface area contributed by atoms with E-state index < -0.39 is 15.9 Å². The van der Waals surface area contributed by atoms with Gasteiger partial charge in [-0.2, -0.15) is 9.40 Å². The molecule has 1 fully saturated rings. The van der Waals surface area contributed by atoms with Gasteiger partial charge in [0.15, 0.2) is 0 Å². The second-order valence-electron chi connectivity index (χ2n) is 7.21. The highest BCUT2D eigenvalue weighted by Crippen LogP contribution is 2.28. The molecule has 4 rings (SSSR count). The smallest absolute Gasteiger partial charge is 0.252 e. The Hall–Kier alpha value is -1.91. The van der Waals surface area contributed by atoms with E-state index in [9.17, 15) is 13.2 Å². The van der Waals surface area contributed by atoms with Gasteiger partial charge in [-0.15, -0.1) is 11.3 Å². The average molecular weight is 499 g/mol. The molecule has 0 saturated carbocycles. The summed E-state index contributed by atoms with van der Waals surface area (Å²) >= 11 is 13.5. The van der Waals surface area contributed by atoms with Crippen LogP contribution in [0, 0.1) is 5.92 Å². The normalized spacial score (nSPS) is 17.5. The maximum Gasteiger partial charge on any atom is 0.252 e. The lowest BCUT2D eigenvalue weighted by molar-refractivity contribution is -0.120. The van der Waals surface area contributed by atoms with Crippen molar-refractivity contribution in [3.8, 4) is 0 Å². The molecule has 1 aliphatic heterocycles. The first-order valence-electron chi connectivity index (χ1n) is 9.65. The van der Waals surface area contributed by atoms with Crippen molar-refractivity contribution in [3.05, 3.63) is 63.6 Å². The van der Waals surface area contributed by atoms with Gasteiger partial charge in [0.25, 0.3) is 10.0 Å². The number of anilines is 1. The molecular formula is C20H20Cl2N4O3S2. The number of piperidine rings is 1. The second kappa shape index (κ2) is 9.30. The van der Waals surface area contributed by atoms with E-state index in [4.69, 9.17) is 23.2 Å². The molecule has 0 bridgehead atoms. The van der Waals surface area contributed by atoms with Gasteiger partial charge < -0.3 is 5.32 Å². The van der Waals surface area contributed by atoms with Crippen molar-refractivity contribution in [2.24, 2.45) is 5.92 Å². The second-order valence-corrected chi connectivity index (χ2v) is 11.1. The molecule has 1 unspecified atom stereocenters. The number of hydrogen-bond donors (Lipinski definition) is 1. The number of carbonyl (C=O) groups is 1. The molecule has 1 N–H and O–H groups in total. The van der Waals surface area contributed by atoms with Gasteiger partial charge in [0, 0.05) is 19.2 Å². The fraction of sp³-hybridized carbons (Fsp3) is 0.300. The van der Waals surface area contributed by atoms with Crippen LogP contribution >= 0.6 is 34.5 Å². The Morgan fingerprint density at radius 3 is 2.84 bits per heavy atom. The summed E-state index contributed by atoms with van der Waals surface area (Å²) in [6.07, 6.45) is 2.83. The first-order valence-corrected chi connectivity index (χ1v) is 12.7. The summed E-state index contributed by atoms with van der Waals surface area (Å²) in [7, 11) is -3.58. The van der Waals surface area contributed by atoms with Gasteiger partial charge in [0.2, 0.25) is 5.91 Å². The third kappa shape index (κ3) is 4.80. The average Bonchev–Trinajstić information content (AvgIpc) is 3.44. The molecule has 0 aliphatic carbocycles. The minimum atomic E-state index is -3.58. The molecule has 31 heavy (non-hydrogen) atoms. The Morgan fingerprint density at radius 1 is 1.23 bits per heavy atom. The summed E-state index contributed by atoms with van der Waals surface area (Å²) in [5.74, 6) is -0.161. The van der Waals surface area contributed by atoms with Crippen molar-refractivity contribution in [3.63, 3.8) is 0 Å².